The van der Waals surface area contributed by atoms with Gasteiger partial charge in [-0.15, -0.1) is 5.11 Å². The molecule has 0 aliphatic rings. The van der Waals surface area contributed by atoms with Crippen molar-refractivity contribution >= 4 is 42.4 Å². The summed E-state index contributed by atoms with van der Waals surface area (Å²) < 4.78 is 64.3. The van der Waals surface area contributed by atoms with E-state index in [0.29, 0.717) is 5.69 Å². The number of aromatic hydroxyl groups is 1. The smallest absolute Gasteiger partial charge is 0.298 e. The lowest BCUT2D eigenvalue weighted by molar-refractivity contribution is 0.445. The van der Waals surface area contributed by atoms with E-state index in [4.69, 9.17) is 4.55 Å². The third-order valence-corrected chi connectivity index (χ3v) is 5.34. The molecule has 27 heavy (non-hydrogen) atoms. The Morgan fingerprint density at radius 2 is 1.44 bits per heavy atom. The highest BCUT2D eigenvalue weighted by atomic mass is 32.2. The van der Waals surface area contributed by atoms with E-state index in [9.17, 15) is 26.5 Å². The third kappa shape index (κ3) is 3.95. The number of azo groups is 1. The highest BCUT2D eigenvalue weighted by molar-refractivity contribution is 7.86. The number of fused-ring (bicyclic) bond motifs is 1. The highest BCUT2D eigenvalue weighted by Crippen LogP contribution is 2.41. The molecule has 0 aliphatic carbocycles. The van der Waals surface area contributed by atoms with Gasteiger partial charge in [0.25, 0.3) is 20.2 Å². The predicted molar refractivity (Wildman–Crippen MR) is 95.9 cm³/mol. The molecule has 0 aromatic heterocycles. The first-order valence-corrected chi connectivity index (χ1v) is 10.2. The van der Waals surface area contributed by atoms with Gasteiger partial charge in [0, 0.05) is 5.39 Å². The van der Waals surface area contributed by atoms with Crippen LogP contribution < -0.4 is 0 Å². The minimum absolute atomic E-state index is 0.00226. The quantitative estimate of drug-likeness (QED) is 0.441. The number of benzene rings is 3. The Bertz CT molecular complexity index is 1270. The van der Waals surface area contributed by atoms with Crippen LogP contribution in [0, 0.1) is 0 Å². The number of phenols is 1. The van der Waals surface area contributed by atoms with Crippen LogP contribution in [0.25, 0.3) is 10.8 Å². The molecule has 0 unspecified atom stereocenters. The van der Waals surface area contributed by atoms with Crippen molar-refractivity contribution in [3.63, 3.8) is 0 Å². The first-order chi connectivity index (χ1) is 12.6. The molecule has 0 radical (unpaired) electrons. The van der Waals surface area contributed by atoms with Crippen LogP contribution in [-0.2, 0) is 20.2 Å². The maximum atomic E-state index is 11.6. The van der Waals surface area contributed by atoms with Crippen molar-refractivity contribution in [2.75, 3.05) is 0 Å². The fourth-order valence-electron chi connectivity index (χ4n) is 2.39. The second-order valence-corrected chi connectivity index (χ2v) is 8.25. The SMILES string of the molecule is O=S(=O)(O)c1ccc2c(/N=N/c3ccccc3)c(O)c(S(=O)(=O)O)cc2c1. The molecule has 3 N–H and O–H groups in total. The van der Waals surface area contributed by atoms with E-state index >= 15 is 0 Å². The van der Waals surface area contributed by atoms with Gasteiger partial charge in [0.2, 0.25) is 0 Å². The van der Waals surface area contributed by atoms with E-state index in [1.807, 2.05) is 0 Å². The van der Waals surface area contributed by atoms with Crippen LogP contribution >= 0.6 is 0 Å². The first-order valence-electron chi connectivity index (χ1n) is 7.29. The molecule has 3 aromatic rings. The van der Waals surface area contributed by atoms with Gasteiger partial charge in [-0.05, 0) is 35.7 Å². The number of nitrogens with zero attached hydrogens (tertiary/aromatic N) is 2. The molecule has 0 amide bonds. The van der Waals surface area contributed by atoms with Crippen LogP contribution in [0.3, 0.4) is 0 Å². The number of phenolic OH excluding ortho intramolecular Hbond substituents is 1. The number of hydrogen-bond acceptors (Lipinski definition) is 7. The van der Waals surface area contributed by atoms with E-state index in [2.05, 4.69) is 10.2 Å². The summed E-state index contributed by atoms with van der Waals surface area (Å²) in [5.41, 5.74) is 0.128. The second-order valence-electron chi connectivity index (χ2n) is 5.44. The van der Waals surface area contributed by atoms with Crippen molar-refractivity contribution < 1.29 is 31.0 Å². The third-order valence-electron chi connectivity index (χ3n) is 3.62. The fraction of sp³-hybridized carbons (Fsp3) is 0. The molecular formula is C16H12N2O7S2. The van der Waals surface area contributed by atoms with Crippen molar-refractivity contribution in [1.82, 2.24) is 0 Å². The zero-order chi connectivity index (χ0) is 19.8. The molecule has 0 heterocycles. The maximum Gasteiger partial charge on any atom is 0.298 e. The van der Waals surface area contributed by atoms with Crippen LogP contribution in [0.2, 0.25) is 0 Å². The van der Waals surface area contributed by atoms with Crippen molar-refractivity contribution in [2.24, 2.45) is 10.2 Å². The average Bonchev–Trinajstić information content (AvgIpc) is 2.59. The largest absolute Gasteiger partial charge is 0.504 e. The summed E-state index contributed by atoms with van der Waals surface area (Å²) in [4.78, 5) is -1.36. The summed E-state index contributed by atoms with van der Waals surface area (Å²) in [6.07, 6.45) is 0. The monoisotopic (exact) mass is 408 g/mol. The Morgan fingerprint density at radius 1 is 0.778 bits per heavy atom. The molecule has 0 aliphatic heterocycles. The molecule has 3 aromatic carbocycles. The van der Waals surface area contributed by atoms with Crippen molar-refractivity contribution in [3.05, 3.63) is 54.6 Å². The highest BCUT2D eigenvalue weighted by Gasteiger charge is 2.22. The lowest BCUT2D eigenvalue weighted by Crippen LogP contribution is -2.00. The van der Waals surface area contributed by atoms with Gasteiger partial charge in [0.05, 0.1) is 10.6 Å². The van der Waals surface area contributed by atoms with Crippen LogP contribution in [0.1, 0.15) is 0 Å². The summed E-state index contributed by atoms with van der Waals surface area (Å²) in [5.74, 6) is -0.843. The van der Waals surface area contributed by atoms with E-state index in [1.165, 1.54) is 6.07 Å². The zero-order valence-electron chi connectivity index (χ0n) is 13.4. The molecule has 0 bridgehead atoms. The minimum atomic E-state index is -4.84. The second kappa shape index (κ2) is 6.70. The molecule has 0 saturated carbocycles. The summed E-state index contributed by atoms with van der Waals surface area (Å²) in [5, 5.41) is 18.2. The molecular weight excluding hydrogens is 396 g/mol. The van der Waals surface area contributed by atoms with Crippen LogP contribution in [0.15, 0.2) is 74.6 Å². The van der Waals surface area contributed by atoms with Gasteiger partial charge in [-0.3, -0.25) is 9.11 Å². The molecule has 3 rings (SSSR count). The average molecular weight is 408 g/mol. The molecule has 0 fully saturated rings. The normalized spacial score (nSPS) is 12.7. The summed E-state index contributed by atoms with van der Waals surface area (Å²) >= 11 is 0. The van der Waals surface area contributed by atoms with Crippen molar-refractivity contribution in [2.45, 2.75) is 9.79 Å². The first kappa shape index (κ1) is 18.9. The van der Waals surface area contributed by atoms with Gasteiger partial charge in [0.15, 0.2) is 5.75 Å². The van der Waals surface area contributed by atoms with Gasteiger partial charge in [-0.1, -0.05) is 24.3 Å². The van der Waals surface area contributed by atoms with E-state index in [-0.39, 0.29) is 16.5 Å². The Morgan fingerprint density at radius 3 is 2.04 bits per heavy atom. The van der Waals surface area contributed by atoms with Gasteiger partial charge in [0.1, 0.15) is 10.6 Å². The molecule has 11 heteroatoms. The lowest BCUT2D eigenvalue weighted by atomic mass is 10.1. The van der Waals surface area contributed by atoms with E-state index < -0.39 is 35.8 Å². The fourth-order valence-corrected chi connectivity index (χ4v) is 3.52. The molecule has 0 atom stereocenters. The Hall–Kier alpha value is -2.86. The Labute approximate surface area is 154 Å². The summed E-state index contributed by atoms with van der Waals surface area (Å²) in [7, 11) is -9.39. The molecule has 9 nitrogen and oxygen atoms in total. The summed E-state index contributed by atoms with van der Waals surface area (Å²) in [6, 6.07) is 12.5. The van der Waals surface area contributed by atoms with Crippen molar-refractivity contribution in [1.29, 1.82) is 0 Å². The molecule has 140 valence electrons. The van der Waals surface area contributed by atoms with E-state index in [0.717, 1.165) is 18.2 Å². The Kier molecular flexibility index (Phi) is 4.70. The number of rotatable bonds is 4. The maximum absolute atomic E-state index is 11.6. The van der Waals surface area contributed by atoms with Crippen molar-refractivity contribution in [3.8, 4) is 5.75 Å². The minimum Gasteiger partial charge on any atom is -0.504 e. The lowest BCUT2D eigenvalue weighted by Gasteiger charge is -2.09. The van der Waals surface area contributed by atoms with Crippen LogP contribution in [-0.4, -0.2) is 31.0 Å². The van der Waals surface area contributed by atoms with Gasteiger partial charge in [-0.25, -0.2) is 0 Å². The van der Waals surface area contributed by atoms with Gasteiger partial charge < -0.3 is 5.11 Å². The summed E-state index contributed by atoms with van der Waals surface area (Å²) in [6.45, 7) is 0. The van der Waals surface area contributed by atoms with Gasteiger partial charge in [-0.2, -0.15) is 21.9 Å². The van der Waals surface area contributed by atoms with Gasteiger partial charge >= 0.3 is 0 Å². The zero-order valence-corrected chi connectivity index (χ0v) is 15.0. The topological polar surface area (TPSA) is 154 Å². The van der Waals surface area contributed by atoms with Crippen LogP contribution in [0.5, 0.6) is 5.75 Å². The predicted octanol–water partition coefficient (Wildman–Crippen LogP) is 3.45. The molecule has 0 spiro atoms. The standard InChI is InChI=1S/C16H12N2O7S2/c19-16-14(27(23,24)25)9-10-8-12(26(20,21)22)6-7-13(10)15(16)18-17-11-4-2-1-3-5-11/h1-9,19H,(H,20,21,22)(H,23,24,25)/b18-17+. The number of hydrogen-bond donors (Lipinski definition) is 3. The Balaban J connectivity index is 2.33. The van der Waals surface area contributed by atoms with Crippen LogP contribution in [0.4, 0.5) is 11.4 Å². The molecule has 0 saturated heterocycles. The van der Waals surface area contributed by atoms with E-state index in [1.54, 1.807) is 30.3 Å².